The normalized spacial score (nSPS) is 12.2. The summed E-state index contributed by atoms with van der Waals surface area (Å²) in [5, 5.41) is 3.12. The fourth-order valence-corrected chi connectivity index (χ4v) is 2.23. The third-order valence-electron chi connectivity index (χ3n) is 2.96. The summed E-state index contributed by atoms with van der Waals surface area (Å²) in [7, 11) is -3.13. The Balaban J connectivity index is 2.88. The summed E-state index contributed by atoms with van der Waals surface area (Å²) in [5.41, 5.74) is 7.11. The number of hydrogen-bond donors (Lipinski definition) is 2. The van der Waals surface area contributed by atoms with E-state index in [-0.39, 0.29) is 0 Å². The third-order valence-corrected chi connectivity index (χ3v) is 6.01. The summed E-state index contributed by atoms with van der Waals surface area (Å²) in [4.78, 5) is 0.323. The topological polar surface area (TPSA) is 72.2 Å². The number of benzene rings is 1. The predicted molar refractivity (Wildman–Crippen MR) is 87.4 cm³/mol. The van der Waals surface area contributed by atoms with Gasteiger partial charge in [-0.15, -0.1) is 0 Å². The van der Waals surface area contributed by atoms with Crippen LogP contribution >= 0.6 is 28.1 Å². The number of hydrogen-bond acceptors (Lipinski definition) is 4. The maximum Gasteiger partial charge on any atom is 0.154 e. The van der Waals surface area contributed by atoms with Crippen LogP contribution in [0.25, 0.3) is 0 Å². The van der Waals surface area contributed by atoms with Gasteiger partial charge in [0.2, 0.25) is 0 Å². The van der Waals surface area contributed by atoms with E-state index < -0.39 is 14.6 Å². The van der Waals surface area contributed by atoms with E-state index in [0.29, 0.717) is 11.5 Å². The molecule has 0 aromatic heterocycles. The van der Waals surface area contributed by atoms with Crippen LogP contribution < -0.4 is 11.1 Å². The average molecular weight is 365 g/mol. The van der Waals surface area contributed by atoms with Gasteiger partial charge in [-0.25, -0.2) is 8.42 Å². The van der Waals surface area contributed by atoms with Crippen molar-refractivity contribution in [2.75, 3.05) is 18.1 Å². The molecule has 0 aliphatic rings. The highest BCUT2D eigenvalue weighted by Gasteiger charge is 2.29. The summed E-state index contributed by atoms with van der Waals surface area (Å²) in [6.07, 6.45) is 1.24. The molecular formula is C12H17BrN2O2S2. The minimum Gasteiger partial charge on any atom is -0.389 e. The first-order valence-electron chi connectivity index (χ1n) is 5.57. The van der Waals surface area contributed by atoms with Crippen LogP contribution in [-0.2, 0) is 9.84 Å². The zero-order valence-electron chi connectivity index (χ0n) is 11.0. The Hall–Kier alpha value is -0.660. The molecule has 1 aromatic rings. The highest BCUT2D eigenvalue weighted by molar-refractivity contribution is 9.10. The van der Waals surface area contributed by atoms with Gasteiger partial charge in [0, 0.05) is 28.5 Å². The zero-order chi connectivity index (χ0) is 14.8. The molecule has 0 aliphatic carbocycles. The zero-order valence-corrected chi connectivity index (χ0v) is 14.2. The van der Waals surface area contributed by atoms with E-state index in [2.05, 4.69) is 21.2 Å². The quantitative estimate of drug-likeness (QED) is 0.784. The second kappa shape index (κ2) is 5.76. The van der Waals surface area contributed by atoms with Crippen LogP contribution in [0.15, 0.2) is 22.7 Å². The van der Waals surface area contributed by atoms with Crippen molar-refractivity contribution in [3.8, 4) is 0 Å². The molecule has 0 saturated carbocycles. The lowest BCUT2D eigenvalue weighted by Gasteiger charge is -2.23. The van der Waals surface area contributed by atoms with Gasteiger partial charge in [-0.1, -0.05) is 12.2 Å². The molecule has 0 aliphatic heterocycles. The van der Waals surface area contributed by atoms with Crippen molar-refractivity contribution >= 4 is 48.7 Å². The van der Waals surface area contributed by atoms with Crippen molar-refractivity contribution in [1.29, 1.82) is 0 Å². The van der Waals surface area contributed by atoms with Crippen LogP contribution in [0.2, 0.25) is 0 Å². The monoisotopic (exact) mass is 364 g/mol. The number of rotatable bonds is 5. The molecule has 0 heterocycles. The lowest BCUT2D eigenvalue weighted by atomic mass is 10.2. The number of halogens is 1. The molecule has 0 unspecified atom stereocenters. The van der Waals surface area contributed by atoms with Gasteiger partial charge in [0.25, 0.3) is 0 Å². The SMILES string of the molecule is CC(C)(CNc1ccc(C(N)=S)cc1Br)S(C)(=O)=O. The van der Waals surface area contributed by atoms with E-state index in [1.165, 1.54) is 6.26 Å². The summed E-state index contributed by atoms with van der Waals surface area (Å²) < 4.78 is 23.2. The minimum absolute atomic E-state index is 0.316. The minimum atomic E-state index is -3.13. The lowest BCUT2D eigenvalue weighted by molar-refractivity contribution is 0.560. The Bertz CT molecular complexity index is 598. The molecule has 0 spiro atoms. The molecule has 7 heteroatoms. The molecule has 0 bridgehead atoms. The first-order chi connectivity index (χ1) is 8.54. The van der Waals surface area contributed by atoms with E-state index in [9.17, 15) is 8.42 Å². The number of sulfone groups is 1. The lowest BCUT2D eigenvalue weighted by Crippen LogP contribution is -2.38. The standard InChI is InChI=1S/C12H17BrN2O2S2/c1-12(2,19(3,16)17)7-15-10-5-4-8(11(14)18)6-9(10)13/h4-6,15H,7H2,1-3H3,(H2,14,18). The predicted octanol–water partition coefficient (Wildman–Crippen LogP) is 2.32. The first kappa shape index (κ1) is 16.4. The number of anilines is 1. The molecule has 1 rings (SSSR count). The van der Waals surface area contributed by atoms with Crippen molar-refractivity contribution < 1.29 is 8.42 Å². The van der Waals surface area contributed by atoms with E-state index >= 15 is 0 Å². The second-order valence-corrected chi connectivity index (χ2v) is 8.89. The molecule has 4 nitrogen and oxygen atoms in total. The molecule has 0 atom stereocenters. The molecule has 0 saturated heterocycles. The summed E-state index contributed by atoms with van der Waals surface area (Å²) in [6.45, 7) is 3.69. The Labute approximate surface area is 127 Å². The van der Waals surface area contributed by atoms with Crippen LogP contribution in [-0.4, -0.2) is 31.0 Å². The van der Waals surface area contributed by atoms with Gasteiger partial charge in [0.15, 0.2) is 9.84 Å². The Kier molecular flexibility index (Phi) is 4.97. The molecule has 3 N–H and O–H groups in total. The summed E-state index contributed by atoms with van der Waals surface area (Å²) in [5.74, 6) is 0. The molecule has 0 fully saturated rings. The molecule has 0 amide bonds. The van der Waals surface area contributed by atoms with E-state index in [1.54, 1.807) is 26.0 Å². The van der Waals surface area contributed by atoms with Gasteiger partial charge in [0.05, 0.1) is 4.75 Å². The van der Waals surface area contributed by atoms with Gasteiger partial charge in [-0.3, -0.25) is 0 Å². The maximum atomic E-state index is 11.6. The summed E-state index contributed by atoms with van der Waals surface area (Å²) in [6, 6.07) is 5.41. The van der Waals surface area contributed by atoms with Crippen LogP contribution in [0.5, 0.6) is 0 Å². The summed E-state index contributed by atoms with van der Waals surface area (Å²) >= 11 is 8.30. The Morgan fingerprint density at radius 3 is 2.47 bits per heavy atom. The van der Waals surface area contributed by atoms with Crippen molar-refractivity contribution in [1.82, 2.24) is 0 Å². The highest BCUT2D eigenvalue weighted by Crippen LogP contribution is 2.25. The Morgan fingerprint density at radius 2 is 2.05 bits per heavy atom. The molecule has 106 valence electrons. The van der Waals surface area contributed by atoms with Crippen molar-refractivity contribution in [3.63, 3.8) is 0 Å². The number of nitrogens with two attached hydrogens (primary N) is 1. The van der Waals surface area contributed by atoms with Crippen LogP contribution in [0.3, 0.4) is 0 Å². The largest absolute Gasteiger partial charge is 0.389 e. The Morgan fingerprint density at radius 1 is 1.47 bits per heavy atom. The second-order valence-electron chi connectivity index (χ2n) is 4.94. The van der Waals surface area contributed by atoms with Gasteiger partial charge >= 0.3 is 0 Å². The van der Waals surface area contributed by atoms with Gasteiger partial charge in [-0.2, -0.15) is 0 Å². The van der Waals surface area contributed by atoms with Crippen molar-refractivity contribution in [2.24, 2.45) is 5.73 Å². The van der Waals surface area contributed by atoms with Crippen LogP contribution in [0.4, 0.5) is 5.69 Å². The van der Waals surface area contributed by atoms with Crippen molar-refractivity contribution in [2.45, 2.75) is 18.6 Å². The fourth-order valence-electron chi connectivity index (χ4n) is 1.25. The van der Waals surface area contributed by atoms with E-state index in [1.807, 2.05) is 6.07 Å². The van der Waals surface area contributed by atoms with Crippen molar-refractivity contribution in [3.05, 3.63) is 28.2 Å². The van der Waals surface area contributed by atoms with Crippen LogP contribution in [0.1, 0.15) is 19.4 Å². The van der Waals surface area contributed by atoms with Gasteiger partial charge in [0.1, 0.15) is 4.99 Å². The molecule has 19 heavy (non-hydrogen) atoms. The van der Waals surface area contributed by atoms with E-state index in [0.717, 1.165) is 15.7 Å². The molecule has 0 radical (unpaired) electrons. The number of nitrogens with one attached hydrogen (secondary N) is 1. The fraction of sp³-hybridized carbons (Fsp3) is 0.417. The van der Waals surface area contributed by atoms with E-state index in [4.69, 9.17) is 18.0 Å². The maximum absolute atomic E-state index is 11.6. The van der Waals surface area contributed by atoms with Crippen LogP contribution in [0, 0.1) is 0 Å². The first-order valence-corrected chi connectivity index (χ1v) is 8.67. The molecular weight excluding hydrogens is 348 g/mol. The van der Waals surface area contributed by atoms with Gasteiger partial charge in [-0.05, 0) is 48.0 Å². The van der Waals surface area contributed by atoms with Gasteiger partial charge < -0.3 is 11.1 Å². The highest BCUT2D eigenvalue weighted by atomic mass is 79.9. The third kappa shape index (κ3) is 4.15. The molecule has 1 aromatic carbocycles. The average Bonchev–Trinajstić information content (AvgIpc) is 2.25. The smallest absolute Gasteiger partial charge is 0.154 e. The number of thiocarbonyl (C=S) groups is 1.